The molecule has 1 fully saturated rings. The Morgan fingerprint density at radius 2 is 1.96 bits per heavy atom. The molecular formula is C19H27ClN4O3. The van der Waals surface area contributed by atoms with Crippen molar-refractivity contribution in [2.75, 3.05) is 32.6 Å². The van der Waals surface area contributed by atoms with Crippen LogP contribution in [0.15, 0.2) is 24.4 Å². The number of amides is 1. The SMILES string of the molecule is COc1ccc(Cn2ncc(C)c2NC(=O)C2CCNCC2)cc1OC.Cl. The van der Waals surface area contributed by atoms with Crippen LogP contribution in [0, 0.1) is 12.8 Å². The summed E-state index contributed by atoms with van der Waals surface area (Å²) in [7, 11) is 3.23. The minimum atomic E-state index is 0. The monoisotopic (exact) mass is 394 g/mol. The zero-order valence-electron chi connectivity index (χ0n) is 15.9. The van der Waals surface area contributed by atoms with E-state index >= 15 is 0 Å². The first-order valence-electron chi connectivity index (χ1n) is 8.87. The van der Waals surface area contributed by atoms with Crippen molar-refractivity contribution in [2.45, 2.75) is 26.3 Å². The van der Waals surface area contributed by atoms with Crippen molar-refractivity contribution in [3.63, 3.8) is 0 Å². The number of aromatic nitrogens is 2. The molecule has 1 aromatic heterocycles. The largest absolute Gasteiger partial charge is 0.493 e. The van der Waals surface area contributed by atoms with Gasteiger partial charge in [0.05, 0.1) is 27.0 Å². The molecular weight excluding hydrogens is 368 g/mol. The summed E-state index contributed by atoms with van der Waals surface area (Å²) in [5, 5.41) is 10.8. The fourth-order valence-electron chi connectivity index (χ4n) is 3.22. The number of hydrogen-bond donors (Lipinski definition) is 2. The van der Waals surface area contributed by atoms with Gasteiger partial charge in [0.15, 0.2) is 11.5 Å². The predicted molar refractivity (Wildman–Crippen MR) is 107 cm³/mol. The zero-order valence-corrected chi connectivity index (χ0v) is 16.8. The van der Waals surface area contributed by atoms with Crippen molar-refractivity contribution in [2.24, 2.45) is 5.92 Å². The number of carbonyl (C=O) groups excluding carboxylic acids is 1. The average molecular weight is 395 g/mol. The van der Waals surface area contributed by atoms with E-state index in [1.165, 1.54) is 0 Å². The third kappa shape index (κ3) is 4.93. The van der Waals surface area contributed by atoms with Crippen LogP contribution in [-0.2, 0) is 11.3 Å². The smallest absolute Gasteiger partial charge is 0.228 e. The van der Waals surface area contributed by atoms with Gasteiger partial charge in [-0.3, -0.25) is 4.79 Å². The molecule has 8 heteroatoms. The van der Waals surface area contributed by atoms with E-state index in [-0.39, 0.29) is 24.2 Å². The maximum atomic E-state index is 12.6. The van der Waals surface area contributed by atoms with E-state index in [2.05, 4.69) is 15.7 Å². The van der Waals surface area contributed by atoms with Crippen LogP contribution >= 0.6 is 12.4 Å². The van der Waals surface area contributed by atoms with Crippen molar-refractivity contribution >= 4 is 24.1 Å². The summed E-state index contributed by atoms with van der Waals surface area (Å²) < 4.78 is 12.5. The maximum Gasteiger partial charge on any atom is 0.228 e. The number of nitrogens with one attached hydrogen (secondary N) is 2. The Morgan fingerprint density at radius 3 is 2.63 bits per heavy atom. The molecule has 2 N–H and O–H groups in total. The molecule has 1 aliphatic rings. The van der Waals surface area contributed by atoms with Crippen molar-refractivity contribution in [3.05, 3.63) is 35.5 Å². The van der Waals surface area contributed by atoms with Gasteiger partial charge in [-0.05, 0) is 50.6 Å². The van der Waals surface area contributed by atoms with Crippen LogP contribution in [0.4, 0.5) is 5.82 Å². The summed E-state index contributed by atoms with van der Waals surface area (Å²) in [5.41, 5.74) is 1.97. The molecule has 0 spiro atoms. The second-order valence-corrected chi connectivity index (χ2v) is 6.54. The lowest BCUT2D eigenvalue weighted by Crippen LogP contribution is -2.35. The molecule has 1 saturated heterocycles. The third-order valence-electron chi connectivity index (χ3n) is 4.75. The fraction of sp³-hybridized carbons (Fsp3) is 0.474. The maximum absolute atomic E-state index is 12.6. The molecule has 1 aliphatic heterocycles. The summed E-state index contributed by atoms with van der Waals surface area (Å²) >= 11 is 0. The van der Waals surface area contributed by atoms with Crippen LogP contribution in [0.5, 0.6) is 11.5 Å². The Morgan fingerprint density at radius 1 is 1.26 bits per heavy atom. The van der Waals surface area contributed by atoms with Gasteiger partial charge in [-0.15, -0.1) is 12.4 Å². The predicted octanol–water partition coefficient (Wildman–Crippen LogP) is 2.62. The van der Waals surface area contributed by atoms with Gasteiger partial charge in [-0.25, -0.2) is 4.68 Å². The van der Waals surface area contributed by atoms with Crippen LogP contribution < -0.4 is 20.1 Å². The number of halogens is 1. The Labute approximate surface area is 165 Å². The van der Waals surface area contributed by atoms with Gasteiger partial charge in [0.25, 0.3) is 0 Å². The summed E-state index contributed by atoms with van der Waals surface area (Å²) in [6.45, 7) is 4.27. The van der Waals surface area contributed by atoms with E-state index in [1.54, 1.807) is 20.4 Å². The van der Waals surface area contributed by atoms with Gasteiger partial charge < -0.3 is 20.1 Å². The van der Waals surface area contributed by atoms with E-state index in [4.69, 9.17) is 9.47 Å². The quantitative estimate of drug-likeness (QED) is 0.787. The van der Waals surface area contributed by atoms with Crippen LogP contribution in [-0.4, -0.2) is 43.0 Å². The number of hydrogen-bond acceptors (Lipinski definition) is 5. The number of piperidine rings is 1. The number of ether oxygens (including phenoxy) is 2. The zero-order chi connectivity index (χ0) is 18.5. The summed E-state index contributed by atoms with van der Waals surface area (Å²) in [6.07, 6.45) is 3.52. The standard InChI is InChI=1S/C19H26N4O3.ClH/c1-13-11-21-23(12-14-4-5-16(25-2)17(10-14)26-3)18(13)22-19(24)15-6-8-20-9-7-15;/h4-5,10-11,15,20H,6-9,12H2,1-3H3,(H,22,24);1H. The number of carbonyl (C=O) groups is 1. The second-order valence-electron chi connectivity index (χ2n) is 6.54. The lowest BCUT2D eigenvalue weighted by atomic mass is 9.97. The highest BCUT2D eigenvalue weighted by molar-refractivity contribution is 5.92. The van der Waals surface area contributed by atoms with E-state index in [0.717, 1.165) is 42.9 Å². The first-order chi connectivity index (χ1) is 12.6. The highest BCUT2D eigenvalue weighted by Crippen LogP contribution is 2.28. The van der Waals surface area contributed by atoms with Crippen molar-refractivity contribution in [1.82, 2.24) is 15.1 Å². The Bertz CT molecular complexity index is 772. The highest BCUT2D eigenvalue weighted by atomic mass is 35.5. The molecule has 0 unspecified atom stereocenters. The molecule has 148 valence electrons. The number of methoxy groups -OCH3 is 2. The molecule has 1 amide bonds. The van der Waals surface area contributed by atoms with Crippen molar-refractivity contribution in [3.8, 4) is 11.5 Å². The average Bonchev–Trinajstić information content (AvgIpc) is 3.02. The third-order valence-corrected chi connectivity index (χ3v) is 4.75. The van der Waals surface area contributed by atoms with E-state index in [0.29, 0.717) is 18.0 Å². The molecule has 1 aromatic carbocycles. The minimum absolute atomic E-state index is 0. The Kier molecular flexibility index (Phi) is 7.50. The molecule has 0 radical (unpaired) electrons. The van der Waals surface area contributed by atoms with Crippen molar-refractivity contribution in [1.29, 1.82) is 0 Å². The lowest BCUT2D eigenvalue weighted by Gasteiger charge is -2.22. The molecule has 3 rings (SSSR count). The Balaban J connectivity index is 0.00000261. The molecule has 0 atom stereocenters. The van der Waals surface area contributed by atoms with Gasteiger partial charge in [0.1, 0.15) is 5.82 Å². The number of aryl methyl sites for hydroxylation is 1. The fourth-order valence-corrected chi connectivity index (χ4v) is 3.22. The van der Waals surface area contributed by atoms with Gasteiger partial charge in [-0.1, -0.05) is 6.07 Å². The summed E-state index contributed by atoms with van der Waals surface area (Å²) in [6, 6.07) is 5.77. The van der Waals surface area contributed by atoms with Gasteiger partial charge in [0.2, 0.25) is 5.91 Å². The minimum Gasteiger partial charge on any atom is -0.493 e. The summed E-state index contributed by atoms with van der Waals surface area (Å²) in [4.78, 5) is 12.6. The molecule has 0 saturated carbocycles. The highest BCUT2D eigenvalue weighted by Gasteiger charge is 2.22. The van der Waals surface area contributed by atoms with Crippen LogP contribution in [0.3, 0.4) is 0 Å². The Hall–Kier alpha value is -2.25. The number of nitrogens with zero attached hydrogens (tertiary/aromatic N) is 2. The lowest BCUT2D eigenvalue weighted by molar-refractivity contribution is -0.120. The normalized spacial score (nSPS) is 14.3. The van der Waals surface area contributed by atoms with Crippen LogP contribution in [0.1, 0.15) is 24.0 Å². The van der Waals surface area contributed by atoms with Crippen LogP contribution in [0.25, 0.3) is 0 Å². The molecule has 7 nitrogen and oxygen atoms in total. The van der Waals surface area contributed by atoms with Gasteiger partial charge in [-0.2, -0.15) is 5.10 Å². The number of rotatable bonds is 6. The molecule has 0 aliphatic carbocycles. The molecule has 27 heavy (non-hydrogen) atoms. The van der Waals surface area contributed by atoms with Gasteiger partial charge >= 0.3 is 0 Å². The van der Waals surface area contributed by atoms with E-state index < -0.39 is 0 Å². The van der Waals surface area contributed by atoms with Gasteiger partial charge in [0, 0.05) is 11.5 Å². The second kappa shape index (κ2) is 9.62. The molecule has 0 bridgehead atoms. The van der Waals surface area contributed by atoms with E-state index in [9.17, 15) is 4.79 Å². The molecule has 2 heterocycles. The first-order valence-corrected chi connectivity index (χ1v) is 8.87. The first kappa shape index (κ1) is 21.1. The number of anilines is 1. The van der Waals surface area contributed by atoms with E-state index in [1.807, 2.05) is 29.8 Å². The van der Waals surface area contributed by atoms with Crippen molar-refractivity contribution < 1.29 is 14.3 Å². The summed E-state index contributed by atoms with van der Waals surface area (Å²) in [5.74, 6) is 2.24. The van der Waals surface area contributed by atoms with Crippen LogP contribution in [0.2, 0.25) is 0 Å². The number of benzene rings is 1. The molecule has 2 aromatic rings. The topological polar surface area (TPSA) is 77.4 Å².